The molecular formula is C18H27N3O3. The summed E-state index contributed by atoms with van der Waals surface area (Å²) in [6.45, 7) is 4.01. The molecule has 132 valence electrons. The highest BCUT2D eigenvalue weighted by molar-refractivity contribution is 5.80. The molecule has 2 amide bonds. The van der Waals surface area contributed by atoms with Crippen LogP contribution in [-0.4, -0.2) is 54.5 Å². The molecule has 6 nitrogen and oxygen atoms in total. The Hall–Kier alpha value is -2.08. The van der Waals surface area contributed by atoms with E-state index in [1.54, 1.807) is 23.8 Å². The van der Waals surface area contributed by atoms with Gasteiger partial charge >= 0.3 is 6.09 Å². The highest BCUT2D eigenvalue weighted by atomic mass is 16.6. The first-order chi connectivity index (χ1) is 11.5. The molecule has 0 radical (unpaired) electrons. The van der Waals surface area contributed by atoms with E-state index in [0.29, 0.717) is 32.2 Å². The maximum Gasteiger partial charge on any atom is 0.410 e. The van der Waals surface area contributed by atoms with Crippen molar-refractivity contribution in [3.63, 3.8) is 0 Å². The van der Waals surface area contributed by atoms with Gasteiger partial charge in [0, 0.05) is 26.7 Å². The number of likely N-dealkylation sites (N-methyl/N-ethyl adjacent to an activating group) is 1. The van der Waals surface area contributed by atoms with Crippen LogP contribution in [0.1, 0.15) is 25.3 Å². The van der Waals surface area contributed by atoms with Crippen LogP contribution < -0.4 is 5.73 Å². The van der Waals surface area contributed by atoms with Crippen LogP contribution in [0.4, 0.5) is 4.79 Å². The Kier molecular flexibility index (Phi) is 6.61. The number of ether oxygens (including phenoxy) is 1. The van der Waals surface area contributed by atoms with Crippen molar-refractivity contribution in [3.05, 3.63) is 35.9 Å². The molecule has 1 aromatic carbocycles. The van der Waals surface area contributed by atoms with Crippen LogP contribution in [0.5, 0.6) is 0 Å². The number of benzene rings is 1. The van der Waals surface area contributed by atoms with E-state index < -0.39 is 6.04 Å². The quantitative estimate of drug-likeness (QED) is 0.892. The van der Waals surface area contributed by atoms with Crippen molar-refractivity contribution in [2.45, 2.75) is 32.4 Å². The monoisotopic (exact) mass is 333 g/mol. The summed E-state index contributed by atoms with van der Waals surface area (Å²) in [5.41, 5.74) is 6.61. The van der Waals surface area contributed by atoms with E-state index in [1.165, 1.54) is 0 Å². The highest BCUT2D eigenvalue weighted by Crippen LogP contribution is 2.19. The van der Waals surface area contributed by atoms with Gasteiger partial charge in [-0.3, -0.25) is 4.79 Å². The van der Waals surface area contributed by atoms with E-state index in [4.69, 9.17) is 10.5 Å². The van der Waals surface area contributed by atoms with Crippen molar-refractivity contribution in [2.24, 2.45) is 11.7 Å². The van der Waals surface area contributed by atoms with E-state index in [9.17, 15) is 9.59 Å². The van der Waals surface area contributed by atoms with Crippen LogP contribution in [0.25, 0.3) is 0 Å². The summed E-state index contributed by atoms with van der Waals surface area (Å²) in [5.74, 6) is 0.357. The van der Waals surface area contributed by atoms with Crippen molar-refractivity contribution < 1.29 is 14.3 Å². The minimum atomic E-state index is -0.469. The Labute approximate surface area is 143 Å². The molecule has 0 aromatic heterocycles. The standard InChI is InChI=1S/C18H27N3O3/c1-14(19)17(22)20(2)12-15-8-10-21(11-9-15)18(23)24-13-16-6-4-3-5-7-16/h3-7,14-15H,8-13,19H2,1-2H3/t14-/m0/s1. The number of nitrogens with two attached hydrogens (primary N) is 1. The first-order valence-electron chi connectivity index (χ1n) is 8.43. The lowest BCUT2D eigenvalue weighted by atomic mass is 9.96. The van der Waals surface area contributed by atoms with Gasteiger partial charge in [0.15, 0.2) is 0 Å². The van der Waals surface area contributed by atoms with Crippen molar-refractivity contribution in [1.29, 1.82) is 0 Å². The number of piperidine rings is 1. The number of likely N-dealkylation sites (tertiary alicyclic amines) is 1. The second kappa shape index (κ2) is 8.68. The molecule has 0 bridgehead atoms. The molecule has 1 saturated heterocycles. The van der Waals surface area contributed by atoms with Crippen molar-refractivity contribution in [2.75, 3.05) is 26.7 Å². The molecule has 1 aromatic rings. The maximum atomic E-state index is 12.1. The molecule has 24 heavy (non-hydrogen) atoms. The Bertz CT molecular complexity index is 540. The summed E-state index contributed by atoms with van der Waals surface area (Å²) in [5, 5.41) is 0. The average Bonchev–Trinajstić information content (AvgIpc) is 2.60. The second-order valence-corrected chi connectivity index (χ2v) is 6.48. The molecule has 2 rings (SSSR count). The van der Waals surface area contributed by atoms with Gasteiger partial charge in [-0.1, -0.05) is 30.3 Å². The van der Waals surface area contributed by atoms with Gasteiger partial charge in [0.05, 0.1) is 6.04 Å². The third-order valence-electron chi connectivity index (χ3n) is 4.38. The molecule has 2 N–H and O–H groups in total. The van der Waals surface area contributed by atoms with Gasteiger partial charge < -0.3 is 20.3 Å². The van der Waals surface area contributed by atoms with E-state index >= 15 is 0 Å². The van der Waals surface area contributed by atoms with Gasteiger partial charge in [-0.15, -0.1) is 0 Å². The summed E-state index contributed by atoms with van der Waals surface area (Å²) >= 11 is 0. The molecule has 1 heterocycles. The lowest BCUT2D eigenvalue weighted by Gasteiger charge is -2.33. The summed E-state index contributed by atoms with van der Waals surface area (Å²) in [4.78, 5) is 27.4. The first kappa shape index (κ1) is 18.3. The van der Waals surface area contributed by atoms with E-state index in [2.05, 4.69) is 0 Å². The summed E-state index contributed by atoms with van der Waals surface area (Å²) in [6.07, 6.45) is 1.48. The lowest BCUT2D eigenvalue weighted by molar-refractivity contribution is -0.131. The fraction of sp³-hybridized carbons (Fsp3) is 0.556. The SMILES string of the molecule is C[C@H](N)C(=O)N(C)CC1CCN(C(=O)OCc2ccccc2)CC1. The number of nitrogens with zero attached hydrogens (tertiary/aromatic N) is 2. The van der Waals surface area contributed by atoms with Crippen molar-refractivity contribution >= 4 is 12.0 Å². The Morgan fingerprint density at radius 1 is 1.29 bits per heavy atom. The highest BCUT2D eigenvalue weighted by Gasteiger charge is 2.26. The van der Waals surface area contributed by atoms with Gasteiger partial charge in [0.1, 0.15) is 6.61 Å². The molecular weight excluding hydrogens is 306 g/mol. The number of carbonyl (C=O) groups excluding carboxylic acids is 2. The minimum Gasteiger partial charge on any atom is -0.445 e. The molecule has 1 atom stereocenters. The molecule has 0 spiro atoms. The average molecular weight is 333 g/mol. The number of hydrogen-bond acceptors (Lipinski definition) is 4. The molecule has 6 heteroatoms. The topological polar surface area (TPSA) is 75.9 Å². The minimum absolute atomic E-state index is 0.0419. The van der Waals surface area contributed by atoms with Gasteiger partial charge in [-0.25, -0.2) is 4.79 Å². The van der Waals surface area contributed by atoms with Gasteiger partial charge in [0.2, 0.25) is 5.91 Å². The molecule has 1 fully saturated rings. The number of rotatable bonds is 5. The van der Waals surface area contributed by atoms with Gasteiger partial charge in [-0.05, 0) is 31.2 Å². The number of hydrogen-bond donors (Lipinski definition) is 1. The third-order valence-corrected chi connectivity index (χ3v) is 4.38. The largest absolute Gasteiger partial charge is 0.445 e. The first-order valence-corrected chi connectivity index (χ1v) is 8.43. The molecule has 0 unspecified atom stereocenters. The van der Waals surface area contributed by atoms with E-state index in [-0.39, 0.29) is 12.0 Å². The summed E-state index contributed by atoms with van der Waals surface area (Å²) in [7, 11) is 1.78. The van der Waals surface area contributed by atoms with E-state index in [1.807, 2.05) is 30.3 Å². The summed E-state index contributed by atoms with van der Waals surface area (Å²) in [6, 6.07) is 9.19. The predicted molar refractivity (Wildman–Crippen MR) is 92.2 cm³/mol. The number of carbonyl (C=O) groups is 2. The molecule has 1 aliphatic heterocycles. The van der Waals surface area contributed by atoms with Gasteiger partial charge in [-0.2, -0.15) is 0 Å². The fourth-order valence-electron chi connectivity index (χ4n) is 2.93. The van der Waals surface area contributed by atoms with Gasteiger partial charge in [0.25, 0.3) is 0 Å². The van der Waals surface area contributed by atoms with Crippen molar-refractivity contribution in [1.82, 2.24) is 9.80 Å². The van der Waals surface area contributed by atoms with Crippen LogP contribution in [0, 0.1) is 5.92 Å². The lowest BCUT2D eigenvalue weighted by Crippen LogP contribution is -2.45. The predicted octanol–water partition coefficient (Wildman–Crippen LogP) is 1.84. The van der Waals surface area contributed by atoms with Crippen LogP contribution in [0.2, 0.25) is 0 Å². The van der Waals surface area contributed by atoms with E-state index in [0.717, 1.165) is 18.4 Å². The molecule has 0 aliphatic carbocycles. The second-order valence-electron chi connectivity index (χ2n) is 6.48. The molecule has 0 saturated carbocycles. The fourth-order valence-corrected chi connectivity index (χ4v) is 2.93. The van der Waals surface area contributed by atoms with Crippen molar-refractivity contribution in [3.8, 4) is 0 Å². The molecule has 1 aliphatic rings. The van der Waals surface area contributed by atoms with Crippen LogP contribution in [-0.2, 0) is 16.1 Å². The zero-order valence-electron chi connectivity index (χ0n) is 14.5. The zero-order chi connectivity index (χ0) is 17.5. The van der Waals surface area contributed by atoms with Crippen LogP contribution in [0.3, 0.4) is 0 Å². The Morgan fingerprint density at radius 2 is 1.92 bits per heavy atom. The normalized spacial score (nSPS) is 16.5. The van der Waals surface area contributed by atoms with Crippen LogP contribution >= 0.6 is 0 Å². The van der Waals surface area contributed by atoms with Crippen LogP contribution in [0.15, 0.2) is 30.3 Å². The zero-order valence-corrected chi connectivity index (χ0v) is 14.5. The third kappa shape index (κ3) is 5.23. The Balaban J connectivity index is 1.72. The number of amides is 2. The summed E-state index contributed by atoms with van der Waals surface area (Å²) < 4.78 is 5.36. The maximum absolute atomic E-state index is 12.1. The smallest absolute Gasteiger partial charge is 0.410 e. The Morgan fingerprint density at radius 3 is 2.50 bits per heavy atom.